The van der Waals surface area contributed by atoms with Gasteiger partial charge in [-0.1, -0.05) is 6.07 Å². The van der Waals surface area contributed by atoms with Crippen LogP contribution in [0.15, 0.2) is 30.6 Å². The second kappa shape index (κ2) is 6.23. The van der Waals surface area contributed by atoms with Gasteiger partial charge in [-0.05, 0) is 25.5 Å². The van der Waals surface area contributed by atoms with Crippen LogP contribution in [-0.4, -0.2) is 58.1 Å². The summed E-state index contributed by atoms with van der Waals surface area (Å²) in [4.78, 5) is 18.5. The molecule has 8 nitrogen and oxygen atoms in total. The van der Waals surface area contributed by atoms with Gasteiger partial charge in [0, 0.05) is 18.8 Å². The van der Waals surface area contributed by atoms with Gasteiger partial charge in [-0.2, -0.15) is 9.78 Å². The molecule has 1 unspecified atom stereocenters. The first-order valence-electron chi connectivity index (χ1n) is 7.69. The Balaban J connectivity index is 1.88. The highest BCUT2D eigenvalue weighted by molar-refractivity contribution is 7.91. The smallest absolute Gasteiger partial charge is 0.259 e. The molecule has 0 aliphatic carbocycles. The average molecular weight is 349 g/mol. The van der Waals surface area contributed by atoms with Gasteiger partial charge in [-0.3, -0.25) is 4.79 Å². The fourth-order valence-corrected chi connectivity index (χ4v) is 4.66. The number of hydrogen-bond acceptors (Lipinski definition) is 6. The van der Waals surface area contributed by atoms with Crippen LogP contribution in [-0.2, 0) is 9.84 Å². The molecule has 128 valence electrons. The largest absolute Gasteiger partial charge is 0.383 e. The Morgan fingerprint density at radius 3 is 2.83 bits per heavy atom. The molecule has 0 bridgehead atoms. The predicted molar refractivity (Wildman–Crippen MR) is 89.5 cm³/mol. The lowest BCUT2D eigenvalue weighted by atomic mass is 10.2. The Morgan fingerprint density at radius 2 is 2.25 bits per heavy atom. The summed E-state index contributed by atoms with van der Waals surface area (Å²) >= 11 is 0. The number of aromatic nitrogens is 3. The first kappa shape index (κ1) is 16.4. The van der Waals surface area contributed by atoms with Gasteiger partial charge >= 0.3 is 0 Å². The molecule has 3 heterocycles. The van der Waals surface area contributed by atoms with E-state index in [-0.39, 0.29) is 34.8 Å². The van der Waals surface area contributed by atoms with Crippen molar-refractivity contribution in [3.63, 3.8) is 0 Å². The van der Waals surface area contributed by atoms with Crippen molar-refractivity contribution in [1.82, 2.24) is 19.7 Å². The maximum atomic E-state index is 12.8. The maximum absolute atomic E-state index is 12.8. The van der Waals surface area contributed by atoms with Crippen molar-refractivity contribution < 1.29 is 13.2 Å². The summed E-state index contributed by atoms with van der Waals surface area (Å²) < 4.78 is 24.8. The molecule has 2 aromatic heterocycles. The Bertz CT molecular complexity index is 847. The highest BCUT2D eigenvalue weighted by Crippen LogP contribution is 2.23. The zero-order valence-electron chi connectivity index (χ0n) is 13.3. The highest BCUT2D eigenvalue weighted by atomic mass is 32.2. The third-order valence-corrected chi connectivity index (χ3v) is 5.90. The monoisotopic (exact) mass is 349 g/mol. The fourth-order valence-electron chi connectivity index (χ4n) is 2.93. The molecule has 2 aromatic rings. The number of carbonyl (C=O) groups is 1. The maximum Gasteiger partial charge on any atom is 0.259 e. The van der Waals surface area contributed by atoms with Crippen LogP contribution >= 0.6 is 0 Å². The van der Waals surface area contributed by atoms with E-state index >= 15 is 0 Å². The van der Waals surface area contributed by atoms with E-state index in [0.717, 1.165) is 0 Å². The predicted octanol–water partition coefficient (Wildman–Crippen LogP) is 0.499. The van der Waals surface area contributed by atoms with Crippen molar-refractivity contribution >= 4 is 21.6 Å². The second-order valence-electron chi connectivity index (χ2n) is 5.69. The van der Waals surface area contributed by atoms with Crippen LogP contribution in [0.1, 0.15) is 23.7 Å². The fraction of sp³-hybridized carbons (Fsp3) is 0.400. The lowest BCUT2D eigenvalue weighted by Crippen LogP contribution is -2.41. The molecular weight excluding hydrogens is 330 g/mol. The van der Waals surface area contributed by atoms with Crippen molar-refractivity contribution in [1.29, 1.82) is 0 Å². The van der Waals surface area contributed by atoms with Crippen molar-refractivity contribution in [3.8, 4) is 5.82 Å². The minimum absolute atomic E-state index is 0.000856. The van der Waals surface area contributed by atoms with Crippen molar-refractivity contribution in [2.45, 2.75) is 19.4 Å². The van der Waals surface area contributed by atoms with Gasteiger partial charge in [0.15, 0.2) is 15.7 Å². The zero-order valence-corrected chi connectivity index (χ0v) is 14.1. The number of nitrogens with two attached hydrogens (primary N) is 1. The van der Waals surface area contributed by atoms with Crippen LogP contribution < -0.4 is 5.73 Å². The van der Waals surface area contributed by atoms with E-state index in [4.69, 9.17) is 5.73 Å². The molecular formula is C15H19N5O3S. The molecule has 1 fully saturated rings. The van der Waals surface area contributed by atoms with Gasteiger partial charge in [-0.15, -0.1) is 0 Å². The Kier molecular flexibility index (Phi) is 4.27. The van der Waals surface area contributed by atoms with Crippen LogP contribution in [0.3, 0.4) is 0 Å². The summed E-state index contributed by atoms with van der Waals surface area (Å²) in [6, 6.07) is 4.99. The number of pyridine rings is 1. The molecule has 1 amide bonds. The summed E-state index contributed by atoms with van der Waals surface area (Å²) in [5.41, 5.74) is 6.33. The van der Waals surface area contributed by atoms with E-state index in [1.165, 1.54) is 10.9 Å². The standard InChI is InChI=1S/C15H19N5O3S/c1-2-19(11-6-8-24(22,23)10-11)15(21)12-9-18-20(14(12)16)13-5-3-4-7-17-13/h3-5,7,9,11H,2,6,8,10,16H2,1H3. The summed E-state index contributed by atoms with van der Waals surface area (Å²) in [6.45, 7) is 2.23. The third-order valence-electron chi connectivity index (χ3n) is 4.15. The number of carbonyl (C=O) groups excluding carboxylic acids is 1. The van der Waals surface area contributed by atoms with Crippen LogP contribution in [0.2, 0.25) is 0 Å². The summed E-state index contributed by atoms with van der Waals surface area (Å²) in [7, 11) is -3.07. The van der Waals surface area contributed by atoms with E-state index in [0.29, 0.717) is 18.8 Å². The molecule has 1 saturated heterocycles. The number of anilines is 1. The average Bonchev–Trinajstić information content (AvgIpc) is 3.11. The minimum atomic E-state index is -3.07. The van der Waals surface area contributed by atoms with Crippen LogP contribution in [0.5, 0.6) is 0 Å². The molecule has 0 radical (unpaired) electrons. The number of amides is 1. The molecule has 24 heavy (non-hydrogen) atoms. The molecule has 3 rings (SSSR count). The lowest BCUT2D eigenvalue weighted by molar-refractivity contribution is 0.0709. The van der Waals surface area contributed by atoms with Gasteiger partial charge < -0.3 is 10.6 Å². The van der Waals surface area contributed by atoms with E-state index in [9.17, 15) is 13.2 Å². The van der Waals surface area contributed by atoms with Crippen molar-refractivity contribution in [2.75, 3.05) is 23.8 Å². The van der Waals surface area contributed by atoms with Gasteiger partial charge in [0.25, 0.3) is 5.91 Å². The number of nitrogens with zero attached hydrogens (tertiary/aromatic N) is 4. The minimum Gasteiger partial charge on any atom is -0.383 e. The summed E-state index contributed by atoms with van der Waals surface area (Å²) in [5.74, 6) is 0.517. The molecule has 0 spiro atoms. The van der Waals surface area contributed by atoms with E-state index in [1.54, 1.807) is 29.3 Å². The third kappa shape index (κ3) is 2.99. The van der Waals surface area contributed by atoms with Gasteiger partial charge in [0.05, 0.1) is 17.7 Å². The normalized spacial score (nSPS) is 19.3. The van der Waals surface area contributed by atoms with E-state index in [2.05, 4.69) is 10.1 Å². The number of rotatable bonds is 4. The van der Waals surface area contributed by atoms with Gasteiger partial charge in [0.1, 0.15) is 11.4 Å². The molecule has 1 atom stereocenters. The molecule has 2 N–H and O–H groups in total. The molecule has 9 heteroatoms. The van der Waals surface area contributed by atoms with E-state index < -0.39 is 9.84 Å². The summed E-state index contributed by atoms with van der Waals surface area (Å²) in [5, 5.41) is 4.14. The molecule has 0 aromatic carbocycles. The van der Waals surface area contributed by atoms with Crippen LogP contribution in [0, 0.1) is 0 Å². The topological polar surface area (TPSA) is 111 Å². The SMILES string of the molecule is CCN(C(=O)c1cnn(-c2ccccn2)c1N)C1CCS(=O)(=O)C1. The summed E-state index contributed by atoms with van der Waals surface area (Å²) in [6.07, 6.45) is 3.47. The Morgan fingerprint density at radius 1 is 1.46 bits per heavy atom. The molecule has 1 aliphatic rings. The quantitative estimate of drug-likeness (QED) is 0.860. The number of hydrogen-bond donors (Lipinski definition) is 1. The highest BCUT2D eigenvalue weighted by Gasteiger charge is 2.35. The zero-order chi connectivity index (χ0) is 17.3. The van der Waals surface area contributed by atoms with Crippen molar-refractivity contribution in [2.24, 2.45) is 0 Å². The lowest BCUT2D eigenvalue weighted by Gasteiger charge is -2.26. The van der Waals surface area contributed by atoms with E-state index in [1.807, 2.05) is 6.92 Å². The van der Waals surface area contributed by atoms with Gasteiger partial charge in [0.2, 0.25) is 0 Å². The van der Waals surface area contributed by atoms with Crippen molar-refractivity contribution in [3.05, 3.63) is 36.2 Å². The molecule has 1 aliphatic heterocycles. The Labute approximate surface area is 140 Å². The number of nitrogen functional groups attached to an aromatic ring is 1. The first-order valence-corrected chi connectivity index (χ1v) is 9.51. The van der Waals surface area contributed by atoms with Crippen LogP contribution in [0.4, 0.5) is 5.82 Å². The Hall–Kier alpha value is -2.42. The second-order valence-corrected chi connectivity index (χ2v) is 7.92. The first-order chi connectivity index (χ1) is 11.4. The number of sulfone groups is 1. The van der Waals surface area contributed by atoms with Crippen LogP contribution in [0.25, 0.3) is 5.82 Å². The molecule has 0 saturated carbocycles. The van der Waals surface area contributed by atoms with Gasteiger partial charge in [-0.25, -0.2) is 13.4 Å².